The van der Waals surface area contributed by atoms with Gasteiger partial charge in [-0.05, 0) is 17.7 Å². The fourth-order valence-electron chi connectivity index (χ4n) is 1.82. The number of nitrogens with one attached hydrogen (secondary N) is 1. The number of rotatable bonds is 2. The lowest BCUT2D eigenvalue weighted by molar-refractivity contribution is -0.139. The van der Waals surface area contributed by atoms with Crippen LogP contribution >= 0.6 is 0 Å². The van der Waals surface area contributed by atoms with Crippen LogP contribution in [0.15, 0.2) is 18.2 Å². The highest BCUT2D eigenvalue weighted by molar-refractivity contribution is 5.33. The minimum Gasteiger partial charge on any atom is -0.388 e. The molecule has 1 fully saturated rings. The van der Waals surface area contributed by atoms with E-state index in [9.17, 15) is 22.7 Å². The zero-order valence-corrected chi connectivity index (χ0v) is 8.76. The molecule has 1 aliphatic heterocycles. The second-order valence-corrected chi connectivity index (χ2v) is 4.09. The van der Waals surface area contributed by atoms with Crippen LogP contribution in [-0.2, 0) is 6.18 Å². The third-order valence-corrected chi connectivity index (χ3v) is 2.90. The predicted octanol–water partition coefficient (Wildman–Crippen LogP) is 2.10. The van der Waals surface area contributed by atoms with E-state index in [0.29, 0.717) is 19.2 Å². The van der Waals surface area contributed by atoms with Crippen molar-refractivity contribution in [1.82, 2.24) is 5.32 Å². The van der Waals surface area contributed by atoms with E-state index in [1.807, 2.05) is 0 Å². The van der Waals surface area contributed by atoms with Crippen molar-refractivity contribution in [3.63, 3.8) is 0 Å². The highest BCUT2D eigenvalue weighted by Gasteiger charge is 2.38. The minimum absolute atomic E-state index is 0.249. The van der Waals surface area contributed by atoms with Crippen LogP contribution in [0.1, 0.15) is 17.2 Å². The molecule has 17 heavy (non-hydrogen) atoms. The number of aliphatic hydroxyl groups excluding tert-OH is 1. The molecular weight excluding hydrogens is 238 g/mol. The van der Waals surface area contributed by atoms with E-state index in [-0.39, 0.29) is 11.5 Å². The van der Waals surface area contributed by atoms with Crippen LogP contribution in [0.3, 0.4) is 0 Å². The van der Waals surface area contributed by atoms with E-state index in [0.717, 1.165) is 12.1 Å². The Balaban J connectivity index is 2.38. The van der Waals surface area contributed by atoms with Gasteiger partial charge in [0.1, 0.15) is 5.82 Å². The largest absolute Gasteiger partial charge is 0.416 e. The summed E-state index contributed by atoms with van der Waals surface area (Å²) < 4.78 is 50.9. The smallest absolute Gasteiger partial charge is 0.388 e. The molecule has 2 nitrogen and oxygen atoms in total. The molecule has 1 aromatic carbocycles. The lowest BCUT2D eigenvalue weighted by atomic mass is 9.88. The Hall–Kier alpha value is -1.14. The first-order valence-corrected chi connectivity index (χ1v) is 5.15. The minimum atomic E-state index is -4.66. The predicted molar refractivity (Wildman–Crippen MR) is 52.7 cm³/mol. The molecule has 2 rings (SSSR count). The van der Waals surface area contributed by atoms with Crippen molar-refractivity contribution < 1.29 is 22.7 Å². The van der Waals surface area contributed by atoms with Crippen LogP contribution in [0, 0.1) is 11.7 Å². The third-order valence-electron chi connectivity index (χ3n) is 2.90. The van der Waals surface area contributed by atoms with Gasteiger partial charge >= 0.3 is 6.18 Å². The molecule has 94 valence electrons. The Morgan fingerprint density at radius 2 is 1.94 bits per heavy atom. The molecule has 2 N–H and O–H groups in total. The number of aliphatic hydroxyl groups is 1. The van der Waals surface area contributed by atoms with Crippen molar-refractivity contribution >= 4 is 0 Å². The molecule has 0 spiro atoms. The van der Waals surface area contributed by atoms with Gasteiger partial charge in [-0.1, -0.05) is 6.07 Å². The van der Waals surface area contributed by atoms with Crippen molar-refractivity contribution in [3.8, 4) is 0 Å². The SMILES string of the molecule is OC(c1ccc(F)cc1C(F)(F)F)C1CNC1. The summed E-state index contributed by atoms with van der Waals surface area (Å²) in [6, 6.07) is 2.35. The zero-order chi connectivity index (χ0) is 12.6. The monoisotopic (exact) mass is 249 g/mol. The Morgan fingerprint density at radius 1 is 1.29 bits per heavy atom. The normalized spacial score (nSPS) is 18.9. The molecule has 0 aromatic heterocycles. The van der Waals surface area contributed by atoms with Gasteiger partial charge in [-0.3, -0.25) is 0 Å². The molecule has 0 aliphatic carbocycles. The van der Waals surface area contributed by atoms with E-state index in [4.69, 9.17) is 0 Å². The first-order valence-electron chi connectivity index (χ1n) is 5.15. The standard InChI is InChI=1S/C11H11F4NO/c12-7-1-2-8(9(3-7)11(13,14)15)10(17)6-4-16-5-6/h1-3,6,10,16-17H,4-5H2. The maximum Gasteiger partial charge on any atom is 0.416 e. The Bertz CT molecular complexity index is 414. The fourth-order valence-corrected chi connectivity index (χ4v) is 1.82. The topological polar surface area (TPSA) is 32.3 Å². The quantitative estimate of drug-likeness (QED) is 0.787. The first kappa shape index (κ1) is 12.3. The third kappa shape index (κ3) is 2.42. The maximum atomic E-state index is 12.8. The Morgan fingerprint density at radius 3 is 2.41 bits per heavy atom. The van der Waals surface area contributed by atoms with E-state index in [1.165, 1.54) is 0 Å². The summed E-state index contributed by atoms with van der Waals surface area (Å²) in [4.78, 5) is 0. The number of alkyl halides is 3. The molecule has 1 saturated heterocycles. The molecule has 1 heterocycles. The van der Waals surface area contributed by atoms with Gasteiger partial charge in [-0.25, -0.2) is 4.39 Å². The van der Waals surface area contributed by atoms with Gasteiger partial charge in [0.05, 0.1) is 11.7 Å². The van der Waals surface area contributed by atoms with E-state index in [1.54, 1.807) is 0 Å². The Kier molecular flexibility index (Phi) is 3.09. The van der Waals surface area contributed by atoms with Gasteiger partial charge in [0, 0.05) is 19.0 Å². The van der Waals surface area contributed by atoms with Crippen LogP contribution < -0.4 is 5.32 Å². The zero-order valence-electron chi connectivity index (χ0n) is 8.76. The molecule has 1 aliphatic rings. The summed E-state index contributed by atoms with van der Waals surface area (Å²) >= 11 is 0. The molecule has 6 heteroatoms. The molecule has 0 amide bonds. The van der Waals surface area contributed by atoms with Crippen LogP contribution in [0.4, 0.5) is 17.6 Å². The highest BCUT2D eigenvalue weighted by atomic mass is 19.4. The van der Waals surface area contributed by atoms with Crippen molar-refractivity contribution in [2.45, 2.75) is 12.3 Å². The fraction of sp³-hybridized carbons (Fsp3) is 0.455. The molecule has 0 radical (unpaired) electrons. The number of hydrogen-bond donors (Lipinski definition) is 2. The van der Waals surface area contributed by atoms with E-state index < -0.39 is 23.7 Å². The van der Waals surface area contributed by atoms with Crippen molar-refractivity contribution in [2.24, 2.45) is 5.92 Å². The second-order valence-electron chi connectivity index (χ2n) is 4.09. The second kappa shape index (κ2) is 4.27. The van der Waals surface area contributed by atoms with Crippen LogP contribution in [0.25, 0.3) is 0 Å². The molecule has 0 bridgehead atoms. The average molecular weight is 249 g/mol. The van der Waals surface area contributed by atoms with Gasteiger partial charge in [-0.2, -0.15) is 13.2 Å². The molecular formula is C11H11F4NO. The average Bonchev–Trinajstić information content (AvgIpc) is 2.13. The van der Waals surface area contributed by atoms with Gasteiger partial charge in [-0.15, -0.1) is 0 Å². The van der Waals surface area contributed by atoms with Crippen LogP contribution in [0.5, 0.6) is 0 Å². The summed E-state index contributed by atoms with van der Waals surface area (Å²) in [7, 11) is 0. The summed E-state index contributed by atoms with van der Waals surface area (Å²) in [6.07, 6.45) is -5.87. The summed E-state index contributed by atoms with van der Waals surface area (Å²) in [5.41, 5.74) is -1.36. The summed E-state index contributed by atoms with van der Waals surface area (Å²) in [5, 5.41) is 12.7. The van der Waals surface area contributed by atoms with Crippen molar-refractivity contribution in [1.29, 1.82) is 0 Å². The highest BCUT2D eigenvalue weighted by Crippen LogP contribution is 2.37. The summed E-state index contributed by atoms with van der Waals surface area (Å²) in [5.74, 6) is -1.21. The lowest BCUT2D eigenvalue weighted by Gasteiger charge is -2.32. The van der Waals surface area contributed by atoms with Crippen LogP contribution in [0.2, 0.25) is 0 Å². The molecule has 0 saturated carbocycles. The molecule has 1 atom stereocenters. The van der Waals surface area contributed by atoms with E-state index >= 15 is 0 Å². The number of halogens is 4. The van der Waals surface area contributed by atoms with Crippen molar-refractivity contribution in [3.05, 3.63) is 35.1 Å². The van der Waals surface area contributed by atoms with Gasteiger partial charge < -0.3 is 10.4 Å². The van der Waals surface area contributed by atoms with Gasteiger partial charge in [0.15, 0.2) is 0 Å². The molecule has 1 aromatic rings. The van der Waals surface area contributed by atoms with Gasteiger partial charge in [0.25, 0.3) is 0 Å². The first-order chi connectivity index (χ1) is 7.89. The van der Waals surface area contributed by atoms with Crippen molar-refractivity contribution in [2.75, 3.05) is 13.1 Å². The number of benzene rings is 1. The maximum absolute atomic E-state index is 12.8. The Labute approximate surface area is 95.3 Å². The van der Waals surface area contributed by atoms with E-state index in [2.05, 4.69) is 5.32 Å². The molecule has 1 unspecified atom stereocenters. The summed E-state index contributed by atoms with van der Waals surface area (Å²) in [6.45, 7) is 0.936. The van der Waals surface area contributed by atoms with Gasteiger partial charge in [0.2, 0.25) is 0 Å². The van der Waals surface area contributed by atoms with Crippen LogP contribution in [-0.4, -0.2) is 18.2 Å². The lowest BCUT2D eigenvalue weighted by Crippen LogP contribution is -2.45. The number of hydrogen-bond acceptors (Lipinski definition) is 2.